The molecule has 5 nitrogen and oxygen atoms in total. The summed E-state index contributed by atoms with van der Waals surface area (Å²) in [6.07, 6.45) is 0.849. The second-order valence-corrected chi connectivity index (χ2v) is 4.53. The highest BCUT2D eigenvalue weighted by Crippen LogP contribution is 2.19. The summed E-state index contributed by atoms with van der Waals surface area (Å²) in [7, 11) is 1.53. The summed E-state index contributed by atoms with van der Waals surface area (Å²) in [5.74, 6) is -0.640. The van der Waals surface area contributed by atoms with Gasteiger partial charge in [-0.1, -0.05) is 13.0 Å². The van der Waals surface area contributed by atoms with E-state index >= 15 is 0 Å². The molecule has 0 spiro atoms. The van der Waals surface area contributed by atoms with Crippen LogP contribution in [-0.4, -0.2) is 42.0 Å². The fourth-order valence-corrected chi connectivity index (χ4v) is 1.64. The molecule has 0 aliphatic heterocycles. The van der Waals surface area contributed by atoms with Crippen LogP contribution < -0.4 is 5.32 Å². The Labute approximate surface area is 113 Å². The number of aromatic hydroxyl groups is 1. The number of likely N-dealkylation sites (N-methyl/N-ethyl adjacent to an activating group) is 1. The molecule has 0 saturated heterocycles. The molecule has 0 atom stereocenters. The van der Waals surface area contributed by atoms with Gasteiger partial charge in [-0.3, -0.25) is 9.59 Å². The average Bonchev–Trinajstić information content (AvgIpc) is 2.35. The molecule has 5 heteroatoms. The number of carbonyl (C=O) groups is 2. The molecule has 1 aromatic rings. The van der Waals surface area contributed by atoms with E-state index in [1.807, 2.05) is 13.8 Å². The molecule has 0 aliphatic rings. The highest BCUT2D eigenvalue weighted by atomic mass is 16.3. The van der Waals surface area contributed by atoms with Gasteiger partial charge in [-0.05, 0) is 31.0 Å². The molecule has 0 bridgehead atoms. The molecule has 1 rings (SSSR count). The van der Waals surface area contributed by atoms with Gasteiger partial charge in [0.15, 0.2) is 0 Å². The third-order valence-corrected chi connectivity index (χ3v) is 2.68. The Bertz CT molecular complexity index is 472. The van der Waals surface area contributed by atoms with Gasteiger partial charge >= 0.3 is 0 Å². The molecule has 104 valence electrons. The first-order chi connectivity index (χ1) is 8.95. The van der Waals surface area contributed by atoms with E-state index < -0.39 is 0 Å². The van der Waals surface area contributed by atoms with E-state index in [-0.39, 0.29) is 29.7 Å². The highest BCUT2D eigenvalue weighted by molar-refractivity contribution is 5.98. The Balaban J connectivity index is 2.69. The van der Waals surface area contributed by atoms with Gasteiger partial charge in [0.1, 0.15) is 5.75 Å². The predicted molar refractivity (Wildman–Crippen MR) is 73.1 cm³/mol. The monoisotopic (exact) mass is 264 g/mol. The van der Waals surface area contributed by atoms with E-state index in [1.165, 1.54) is 18.0 Å². The van der Waals surface area contributed by atoms with Crippen molar-refractivity contribution in [2.45, 2.75) is 20.3 Å². The summed E-state index contributed by atoms with van der Waals surface area (Å²) >= 11 is 0. The Kier molecular flexibility index (Phi) is 5.36. The van der Waals surface area contributed by atoms with Gasteiger partial charge in [0.2, 0.25) is 5.91 Å². The number of carbonyl (C=O) groups excluding carboxylic acids is 2. The third-order valence-electron chi connectivity index (χ3n) is 2.68. The topological polar surface area (TPSA) is 69.6 Å². The van der Waals surface area contributed by atoms with E-state index in [0.29, 0.717) is 6.54 Å². The van der Waals surface area contributed by atoms with Gasteiger partial charge in [-0.15, -0.1) is 0 Å². The molecule has 0 radical (unpaired) electrons. The average molecular weight is 264 g/mol. The number of phenolic OH excluding ortho intramolecular Hbond substituents is 1. The zero-order valence-electron chi connectivity index (χ0n) is 11.6. The number of nitrogens with zero attached hydrogens (tertiary/aromatic N) is 1. The predicted octanol–water partition coefficient (Wildman–Crippen LogP) is 1.30. The molecule has 19 heavy (non-hydrogen) atoms. The molecule has 2 amide bonds. The van der Waals surface area contributed by atoms with Crippen molar-refractivity contribution in [1.29, 1.82) is 0 Å². The van der Waals surface area contributed by atoms with E-state index in [2.05, 4.69) is 5.32 Å². The SMILES string of the molecule is CCCNC(=O)CN(C)C(=O)c1ccc(C)cc1O. The lowest BCUT2D eigenvalue weighted by atomic mass is 10.1. The minimum absolute atomic E-state index is 0.0217. The molecule has 0 fully saturated rings. The van der Waals surface area contributed by atoms with Crippen LogP contribution in [0.3, 0.4) is 0 Å². The molecule has 0 aromatic heterocycles. The Morgan fingerprint density at radius 1 is 1.37 bits per heavy atom. The lowest BCUT2D eigenvalue weighted by molar-refractivity contribution is -0.121. The molecular formula is C14H20N2O3. The number of nitrogens with one attached hydrogen (secondary N) is 1. The number of rotatable bonds is 5. The summed E-state index contributed by atoms with van der Waals surface area (Å²) < 4.78 is 0. The molecule has 0 saturated carbocycles. The van der Waals surface area contributed by atoms with Gasteiger partial charge in [0, 0.05) is 13.6 Å². The minimum Gasteiger partial charge on any atom is -0.507 e. The van der Waals surface area contributed by atoms with E-state index in [0.717, 1.165) is 12.0 Å². The number of aryl methyl sites for hydroxylation is 1. The smallest absolute Gasteiger partial charge is 0.257 e. The Morgan fingerprint density at radius 2 is 2.05 bits per heavy atom. The van der Waals surface area contributed by atoms with E-state index in [4.69, 9.17) is 0 Å². The zero-order valence-corrected chi connectivity index (χ0v) is 11.6. The van der Waals surface area contributed by atoms with Crippen LogP contribution in [0.5, 0.6) is 5.75 Å². The van der Waals surface area contributed by atoms with Crippen LogP contribution in [0.15, 0.2) is 18.2 Å². The van der Waals surface area contributed by atoms with Crippen molar-refractivity contribution in [3.8, 4) is 5.75 Å². The number of amides is 2. The molecule has 0 heterocycles. The fraction of sp³-hybridized carbons (Fsp3) is 0.429. The van der Waals surface area contributed by atoms with Gasteiger partial charge < -0.3 is 15.3 Å². The first kappa shape index (κ1) is 15.0. The molecule has 2 N–H and O–H groups in total. The number of benzene rings is 1. The maximum absolute atomic E-state index is 12.1. The zero-order chi connectivity index (χ0) is 14.4. The molecule has 0 unspecified atom stereocenters. The lowest BCUT2D eigenvalue weighted by Crippen LogP contribution is -2.38. The Morgan fingerprint density at radius 3 is 2.63 bits per heavy atom. The van der Waals surface area contributed by atoms with Crippen LogP contribution in [-0.2, 0) is 4.79 Å². The first-order valence-corrected chi connectivity index (χ1v) is 6.27. The van der Waals surface area contributed by atoms with Gasteiger partial charge in [0.25, 0.3) is 5.91 Å². The highest BCUT2D eigenvalue weighted by Gasteiger charge is 2.17. The number of hydrogen-bond donors (Lipinski definition) is 2. The first-order valence-electron chi connectivity index (χ1n) is 6.27. The lowest BCUT2D eigenvalue weighted by Gasteiger charge is -2.17. The molecule has 0 aliphatic carbocycles. The number of phenols is 1. The normalized spacial score (nSPS) is 10.1. The van der Waals surface area contributed by atoms with Crippen LogP contribution >= 0.6 is 0 Å². The van der Waals surface area contributed by atoms with Crippen LogP contribution in [0.1, 0.15) is 29.3 Å². The maximum Gasteiger partial charge on any atom is 0.257 e. The van der Waals surface area contributed by atoms with Crippen molar-refractivity contribution in [3.05, 3.63) is 29.3 Å². The van der Waals surface area contributed by atoms with Gasteiger partial charge in [-0.25, -0.2) is 0 Å². The molecular weight excluding hydrogens is 244 g/mol. The van der Waals surface area contributed by atoms with Crippen molar-refractivity contribution in [1.82, 2.24) is 10.2 Å². The maximum atomic E-state index is 12.1. The van der Waals surface area contributed by atoms with Crippen molar-refractivity contribution in [2.75, 3.05) is 20.1 Å². The molecule has 1 aromatic carbocycles. The van der Waals surface area contributed by atoms with Gasteiger partial charge in [-0.2, -0.15) is 0 Å². The standard InChI is InChI=1S/C14H20N2O3/c1-4-7-15-13(18)9-16(3)14(19)11-6-5-10(2)8-12(11)17/h5-6,8,17H,4,7,9H2,1-3H3,(H,15,18). The van der Waals surface area contributed by atoms with Crippen molar-refractivity contribution in [2.24, 2.45) is 0 Å². The summed E-state index contributed by atoms with van der Waals surface area (Å²) in [6.45, 7) is 4.36. The van der Waals surface area contributed by atoms with Crippen LogP contribution in [0.25, 0.3) is 0 Å². The summed E-state index contributed by atoms with van der Waals surface area (Å²) in [6, 6.07) is 4.84. The minimum atomic E-state index is -0.371. The van der Waals surface area contributed by atoms with Gasteiger partial charge in [0.05, 0.1) is 12.1 Å². The summed E-state index contributed by atoms with van der Waals surface area (Å²) in [5, 5.41) is 12.4. The van der Waals surface area contributed by atoms with Crippen molar-refractivity contribution in [3.63, 3.8) is 0 Å². The van der Waals surface area contributed by atoms with Crippen LogP contribution in [0.4, 0.5) is 0 Å². The second kappa shape index (κ2) is 6.78. The van der Waals surface area contributed by atoms with Crippen molar-refractivity contribution < 1.29 is 14.7 Å². The number of hydrogen-bond acceptors (Lipinski definition) is 3. The second-order valence-electron chi connectivity index (χ2n) is 4.53. The fourth-order valence-electron chi connectivity index (χ4n) is 1.64. The van der Waals surface area contributed by atoms with Crippen LogP contribution in [0.2, 0.25) is 0 Å². The van der Waals surface area contributed by atoms with Crippen LogP contribution in [0, 0.1) is 6.92 Å². The quantitative estimate of drug-likeness (QED) is 0.842. The summed E-state index contributed by atoms with van der Waals surface area (Å²) in [4.78, 5) is 24.9. The third kappa shape index (κ3) is 4.28. The Hall–Kier alpha value is -2.04. The van der Waals surface area contributed by atoms with Crippen molar-refractivity contribution >= 4 is 11.8 Å². The van der Waals surface area contributed by atoms with E-state index in [9.17, 15) is 14.7 Å². The summed E-state index contributed by atoms with van der Waals surface area (Å²) in [5.41, 5.74) is 1.08. The van der Waals surface area contributed by atoms with E-state index in [1.54, 1.807) is 12.1 Å². The largest absolute Gasteiger partial charge is 0.507 e.